The van der Waals surface area contributed by atoms with E-state index in [1.165, 1.54) is 11.1 Å². The van der Waals surface area contributed by atoms with Crippen LogP contribution in [0.25, 0.3) is 0 Å². The molecule has 0 radical (unpaired) electrons. The Morgan fingerprint density at radius 2 is 2.06 bits per heavy atom. The van der Waals surface area contributed by atoms with E-state index in [9.17, 15) is 0 Å². The first-order chi connectivity index (χ1) is 8.24. The van der Waals surface area contributed by atoms with Gasteiger partial charge in [0.2, 0.25) is 0 Å². The molecule has 2 N–H and O–H groups in total. The molecule has 17 heavy (non-hydrogen) atoms. The van der Waals surface area contributed by atoms with Crippen molar-refractivity contribution >= 4 is 33.7 Å². The number of thiocarbonyl (C=S) groups is 1. The summed E-state index contributed by atoms with van der Waals surface area (Å²) in [6.45, 7) is 2.82. The Labute approximate surface area is 111 Å². The van der Waals surface area contributed by atoms with E-state index in [1.807, 2.05) is 18.2 Å². The summed E-state index contributed by atoms with van der Waals surface area (Å²) in [4.78, 5) is 0. The van der Waals surface area contributed by atoms with Gasteiger partial charge in [-0.25, -0.2) is 0 Å². The minimum Gasteiger partial charge on any atom is -0.358 e. The molecule has 2 rings (SSSR count). The molecule has 1 heterocycles. The van der Waals surface area contributed by atoms with Gasteiger partial charge in [0.25, 0.3) is 0 Å². The normalized spacial score (nSPS) is 9.94. The molecule has 2 nitrogen and oxygen atoms in total. The summed E-state index contributed by atoms with van der Waals surface area (Å²) < 4.78 is 0. The predicted octanol–water partition coefficient (Wildman–Crippen LogP) is 3.54. The van der Waals surface area contributed by atoms with Crippen LogP contribution in [0, 0.1) is 6.92 Å². The van der Waals surface area contributed by atoms with Crippen LogP contribution in [0.5, 0.6) is 0 Å². The van der Waals surface area contributed by atoms with Crippen molar-refractivity contribution in [3.63, 3.8) is 0 Å². The Kier molecular flexibility index (Phi) is 4.12. The summed E-state index contributed by atoms with van der Waals surface area (Å²) in [5.41, 5.74) is 2.47. The van der Waals surface area contributed by atoms with Gasteiger partial charge in [-0.05, 0) is 41.7 Å². The molecule has 1 aromatic heterocycles. The monoisotopic (exact) mass is 262 g/mol. The van der Waals surface area contributed by atoms with Crippen LogP contribution in [0.15, 0.2) is 41.8 Å². The fraction of sp³-hybridized carbons (Fsp3) is 0.154. The Morgan fingerprint density at radius 1 is 1.29 bits per heavy atom. The highest BCUT2D eigenvalue weighted by atomic mass is 32.1. The van der Waals surface area contributed by atoms with Gasteiger partial charge in [0.05, 0.1) is 5.00 Å². The van der Waals surface area contributed by atoms with E-state index < -0.39 is 0 Å². The van der Waals surface area contributed by atoms with Crippen LogP contribution in [0.3, 0.4) is 0 Å². The maximum Gasteiger partial charge on any atom is 0.171 e. The molecule has 0 bridgehead atoms. The first-order valence-electron chi connectivity index (χ1n) is 5.38. The molecular formula is C13H14N2S2. The summed E-state index contributed by atoms with van der Waals surface area (Å²) in [5.74, 6) is 0. The zero-order chi connectivity index (χ0) is 12.1. The quantitative estimate of drug-likeness (QED) is 0.827. The van der Waals surface area contributed by atoms with Crippen LogP contribution in [-0.4, -0.2) is 5.11 Å². The van der Waals surface area contributed by atoms with Crippen molar-refractivity contribution < 1.29 is 0 Å². The van der Waals surface area contributed by atoms with Gasteiger partial charge >= 0.3 is 0 Å². The molecule has 0 atom stereocenters. The van der Waals surface area contributed by atoms with E-state index in [0.29, 0.717) is 5.11 Å². The van der Waals surface area contributed by atoms with Gasteiger partial charge in [-0.3, -0.25) is 0 Å². The number of anilines is 1. The van der Waals surface area contributed by atoms with Crippen LogP contribution in [0.1, 0.15) is 11.1 Å². The van der Waals surface area contributed by atoms with E-state index in [1.54, 1.807) is 11.3 Å². The van der Waals surface area contributed by atoms with Crippen molar-refractivity contribution in [2.24, 2.45) is 0 Å². The molecule has 0 unspecified atom stereocenters. The largest absolute Gasteiger partial charge is 0.358 e. The highest BCUT2D eigenvalue weighted by molar-refractivity contribution is 7.80. The van der Waals surface area contributed by atoms with Crippen LogP contribution >= 0.6 is 23.6 Å². The van der Waals surface area contributed by atoms with Crippen LogP contribution in [0.4, 0.5) is 5.00 Å². The molecule has 4 heteroatoms. The molecule has 0 aliphatic rings. The molecular weight excluding hydrogens is 248 g/mol. The number of hydrogen-bond acceptors (Lipinski definition) is 2. The SMILES string of the molecule is Cc1csc(NC(=S)NCc2ccccc2)c1. The second-order valence-electron chi connectivity index (χ2n) is 3.78. The molecule has 2 aromatic rings. The highest BCUT2D eigenvalue weighted by Gasteiger charge is 1.99. The average molecular weight is 262 g/mol. The second-order valence-corrected chi connectivity index (χ2v) is 5.10. The summed E-state index contributed by atoms with van der Waals surface area (Å²) in [6.07, 6.45) is 0. The zero-order valence-corrected chi connectivity index (χ0v) is 11.2. The van der Waals surface area contributed by atoms with Crippen molar-refractivity contribution in [1.82, 2.24) is 5.32 Å². The fourth-order valence-electron chi connectivity index (χ4n) is 1.43. The lowest BCUT2D eigenvalue weighted by atomic mass is 10.2. The number of aryl methyl sites for hydroxylation is 1. The third-order valence-corrected chi connectivity index (χ3v) is 3.47. The second kappa shape index (κ2) is 5.80. The third-order valence-electron chi connectivity index (χ3n) is 2.26. The van der Waals surface area contributed by atoms with E-state index in [-0.39, 0.29) is 0 Å². The molecule has 0 aliphatic carbocycles. The van der Waals surface area contributed by atoms with Gasteiger partial charge in [0, 0.05) is 6.54 Å². The van der Waals surface area contributed by atoms with E-state index in [0.717, 1.165) is 11.5 Å². The molecule has 0 aliphatic heterocycles. The van der Waals surface area contributed by atoms with Gasteiger partial charge in [-0.2, -0.15) is 0 Å². The smallest absolute Gasteiger partial charge is 0.171 e. The van der Waals surface area contributed by atoms with E-state index in [4.69, 9.17) is 12.2 Å². The third kappa shape index (κ3) is 3.84. The topological polar surface area (TPSA) is 24.1 Å². The number of nitrogens with one attached hydrogen (secondary N) is 2. The van der Waals surface area contributed by atoms with E-state index >= 15 is 0 Å². The van der Waals surface area contributed by atoms with Gasteiger partial charge in [-0.1, -0.05) is 30.3 Å². The lowest BCUT2D eigenvalue weighted by molar-refractivity contribution is 0.926. The molecule has 0 spiro atoms. The Bertz CT molecular complexity index is 491. The molecule has 1 aromatic carbocycles. The van der Waals surface area contributed by atoms with Crippen molar-refractivity contribution in [2.45, 2.75) is 13.5 Å². The Balaban J connectivity index is 1.82. The molecule has 88 valence electrons. The minimum absolute atomic E-state index is 0.663. The van der Waals surface area contributed by atoms with E-state index in [2.05, 4.69) is 41.1 Å². The summed E-state index contributed by atoms with van der Waals surface area (Å²) in [6, 6.07) is 12.3. The van der Waals surface area contributed by atoms with Gasteiger partial charge in [0.1, 0.15) is 0 Å². The molecule has 0 fully saturated rings. The average Bonchev–Trinajstić information content (AvgIpc) is 2.73. The van der Waals surface area contributed by atoms with Crippen LogP contribution in [-0.2, 0) is 6.54 Å². The Morgan fingerprint density at radius 3 is 2.71 bits per heavy atom. The predicted molar refractivity (Wildman–Crippen MR) is 78.6 cm³/mol. The highest BCUT2D eigenvalue weighted by Crippen LogP contribution is 2.19. The van der Waals surface area contributed by atoms with Crippen LogP contribution < -0.4 is 10.6 Å². The lowest BCUT2D eigenvalue weighted by Crippen LogP contribution is -2.27. The number of hydrogen-bond donors (Lipinski definition) is 2. The molecule has 0 saturated carbocycles. The van der Waals surface area contributed by atoms with Gasteiger partial charge in [-0.15, -0.1) is 11.3 Å². The van der Waals surface area contributed by atoms with Crippen molar-refractivity contribution in [3.8, 4) is 0 Å². The number of rotatable bonds is 3. The standard InChI is InChI=1S/C13H14N2S2/c1-10-7-12(17-9-10)15-13(16)14-8-11-5-3-2-4-6-11/h2-7,9H,8H2,1H3,(H2,14,15,16). The van der Waals surface area contributed by atoms with Crippen molar-refractivity contribution in [2.75, 3.05) is 5.32 Å². The minimum atomic E-state index is 0.663. The van der Waals surface area contributed by atoms with Gasteiger partial charge in [0.15, 0.2) is 5.11 Å². The fourth-order valence-corrected chi connectivity index (χ4v) is 2.47. The lowest BCUT2D eigenvalue weighted by Gasteiger charge is -2.08. The Hall–Kier alpha value is -1.39. The van der Waals surface area contributed by atoms with Crippen LogP contribution in [0.2, 0.25) is 0 Å². The summed E-state index contributed by atoms with van der Waals surface area (Å²) in [5, 5.41) is 10.2. The number of benzene rings is 1. The van der Waals surface area contributed by atoms with Gasteiger partial charge < -0.3 is 10.6 Å². The number of thiophene rings is 1. The zero-order valence-electron chi connectivity index (χ0n) is 9.57. The molecule has 0 saturated heterocycles. The van der Waals surface area contributed by atoms with Crippen molar-refractivity contribution in [1.29, 1.82) is 0 Å². The first kappa shape index (κ1) is 12.1. The summed E-state index contributed by atoms with van der Waals surface area (Å²) in [7, 11) is 0. The van der Waals surface area contributed by atoms with Crippen molar-refractivity contribution in [3.05, 3.63) is 52.9 Å². The summed E-state index contributed by atoms with van der Waals surface area (Å²) >= 11 is 6.89. The maximum atomic E-state index is 5.23. The molecule has 0 amide bonds. The maximum absolute atomic E-state index is 5.23. The first-order valence-corrected chi connectivity index (χ1v) is 6.67.